The number of aliphatic imine (C=N–C) groups is 2. The Morgan fingerprint density at radius 1 is 0.650 bits per heavy atom. The van der Waals surface area contributed by atoms with E-state index in [1.807, 2.05) is 0 Å². The predicted octanol–water partition coefficient (Wildman–Crippen LogP) is 7.72. The highest BCUT2D eigenvalue weighted by molar-refractivity contribution is 6.33. The van der Waals surface area contributed by atoms with Gasteiger partial charge in [-0.2, -0.15) is 0 Å². The number of methoxy groups -OCH3 is 2. The monoisotopic (exact) mass is 584 g/mol. The van der Waals surface area contributed by atoms with Crippen LogP contribution < -0.4 is 9.47 Å². The number of phenolic OH excluding ortho intramolecular Hbond substituents is 2. The second-order valence-corrected chi connectivity index (χ2v) is 9.27. The van der Waals surface area contributed by atoms with Crippen LogP contribution >= 0.6 is 23.2 Å². The van der Waals surface area contributed by atoms with Gasteiger partial charge in [-0.05, 0) is 48.5 Å². The number of halogens is 4. The molecule has 0 aliphatic carbocycles. The number of aromatic hydroxyl groups is 2. The first-order valence-corrected chi connectivity index (χ1v) is 12.7. The van der Waals surface area contributed by atoms with Gasteiger partial charge in [0.15, 0.2) is 0 Å². The van der Waals surface area contributed by atoms with Crippen LogP contribution in [0, 0.1) is 11.6 Å². The van der Waals surface area contributed by atoms with E-state index in [4.69, 9.17) is 32.7 Å². The van der Waals surface area contributed by atoms with Gasteiger partial charge < -0.3 is 19.7 Å². The minimum atomic E-state index is -1.33. The fraction of sp³-hybridized carbons (Fsp3) is 0.133. The Labute approximate surface area is 239 Å². The molecule has 4 aromatic rings. The van der Waals surface area contributed by atoms with Crippen molar-refractivity contribution in [1.82, 2.24) is 0 Å². The summed E-state index contributed by atoms with van der Waals surface area (Å²) in [6, 6.07) is 15.1. The topological polar surface area (TPSA) is 83.6 Å². The minimum Gasteiger partial charge on any atom is -0.507 e. The summed E-state index contributed by atoms with van der Waals surface area (Å²) < 4.78 is 41.7. The molecule has 2 N–H and O–H groups in total. The number of rotatable bonds is 9. The third-order valence-electron chi connectivity index (χ3n) is 6.13. The zero-order valence-corrected chi connectivity index (χ0v) is 22.9. The molecule has 10 heteroatoms. The first kappa shape index (κ1) is 28.9. The second kappa shape index (κ2) is 12.8. The van der Waals surface area contributed by atoms with Crippen molar-refractivity contribution in [2.24, 2.45) is 9.98 Å². The summed E-state index contributed by atoms with van der Waals surface area (Å²) in [5, 5.41) is 20.4. The molecular weight excluding hydrogens is 561 g/mol. The van der Waals surface area contributed by atoms with Gasteiger partial charge in [-0.3, -0.25) is 9.98 Å². The largest absolute Gasteiger partial charge is 0.507 e. The summed E-state index contributed by atoms with van der Waals surface area (Å²) in [7, 11) is 2.74. The van der Waals surface area contributed by atoms with Gasteiger partial charge in [0.05, 0.1) is 24.3 Å². The molecule has 4 aromatic carbocycles. The SMILES string of the molecule is COc1ccc(F)c([C@H](N=Cc2ccccc2O)[C@@H](N=Cc2ccccc2O)c2c(F)ccc(OC)c2Cl)c1Cl. The zero-order chi connectivity index (χ0) is 28.8. The average Bonchev–Trinajstić information content (AvgIpc) is 2.94. The minimum absolute atomic E-state index is 0.0814. The Morgan fingerprint density at radius 2 is 1.02 bits per heavy atom. The van der Waals surface area contributed by atoms with Gasteiger partial charge in [-0.15, -0.1) is 0 Å². The normalized spacial score (nSPS) is 13.1. The molecule has 40 heavy (non-hydrogen) atoms. The summed E-state index contributed by atoms with van der Waals surface area (Å²) >= 11 is 13.2. The lowest BCUT2D eigenvalue weighted by Crippen LogP contribution is -2.14. The van der Waals surface area contributed by atoms with E-state index in [0.717, 1.165) is 12.1 Å². The first-order chi connectivity index (χ1) is 19.3. The Bertz CT molecular complexity index is 1460. The van der Waals surface area contributed by atoms with Crippen LogP contribution in [0.15, 0.2) is 82.8 Å². The second-order valence-electron chi connectivity index (χ2n) is 8.52. The van der Waals surface area contributed by atoms with E-state index in [2.05, 4.69) is 9.98 Å². The fourth-order valence-corrected chi connectivity index (χ4v) is 4.78. The molecule has 4 rings (SSSR count). The summed E-state index contributed by atoms with van der Waals surface area (Å²) in [6.07, 6.45) is 2.62. The number of nitrogens with zero attached hydrogens (tertiary/aromatic N) is 2. The van der Waals surface area contributed by atoms with E-state index < -0.39 is 23.7 Å². The van der Waals surface area contributed by atoms with Crippen LogP contribution in [0.1, 0.15) is 34.3 Å². The van der Waals surface area contributed by atoms with Gasteiger partial charge in [0.2, 0.25) is 0 Å². The predicted molar refractivity (Wildman–Crippen MR) is 153 cm³/mol. The van der Waals surface area contributed by atoms with Crippen molar-refractivity contribution >= 4 is 35.6 Å². The fourth-order valence-electron chi connectivity index (χ4n) is 4.10. The van der Waals surface area contributed by atoms with Crippen molar-refractivity contribution in [2.75, 3.05) is 14.2 Å². The van der Waals surface area contributed by atoms with E-state index in [0.29, 0.717) is 11.1 Å². The molecule has 0 bridgehead atoms. The molecule has 206 valence electrons. The van der Waals surface area contributed by atoms with Gasteiger partial charge in [0.1, 0.15) is 46.7 Å². The van der Waals surface area contributed by atoms with E-state index in [9.17, 15) is 10.2 Å². The molecule has 0 radical (unpaired) electrons. The van der Waals surface area contributed by atoms with E-state index in [1.165, 1.54) is 50.9 Å². The molecule has 2 atom stereocenters. The van der Waals surface area contributed by atoms with E-state index in [-0.39, 0.29) is 44.2 Å². The molecule has 0 aromatic heterocycles. The van der Waals surface area contributed by atoms with Crippen LogP contribution in [0.2, 0.25) is 10.0 Å². The molecule has 6 nitrogen and oxygen atoms in total. The van der Waals surface area contributed by atoms with Crippen molar-refractivity contribution in [3.05, 3.63) is 117 Å². The van der Waals surface area contributed by atoms with Gasteiger partial charge >= 0.3 is 0 Å². The molecule has 0 fully saturated rings. The van der Waals surface area contributed by atoms with Crippen molar-refractivity contribution < 1.29 is 28.5 Å². The average molecular weight is 585 g/mol. The van der Waals surface area contributed by atoms with Gasteiger partial charge in [0, 0.05) is 34.7 Å². The lowest BCUT2D eigenvalue weighted by atomic mass is 9.92. The van der Waals surface area contributed by atoms with Gasteiger partial charge in [0.25, 0.3) is 0 Å². The molecule has 0 aliphatic rings. The number of para-hydroxylation sites is 2. The summed E-state index contributed by atoms with van der Waals surface area (Å²) in [6.45, 7) is 0. The van der Waals surface area contributed by atoms with Gasteiger partial charge in [-0.1, -0.05) is 47.5 Å². The summed E-state index contributed by atoms with van der Waals surface area (Å²) in [5.41, 5.74) is 0.330. The van der Waals surface area contributed by atoms with Gasteiger partial charge in [-0.25, -0.2) is 8.78 Å². The summed E-state index contributed by atoms with van der Waals surface area (Å²) in [4.78, 5) is 9.13. The molecule has 0 heterocycles. The lowest BCUT2D eigenvalue weighted by Gasteiger charge is -2.25. The van der Waals surface area contributed by atoms with Crippen LogP contribution in [0.3, 0.4) is 0 Å². The molecule has 0 saturated heterocycles. The van der Waals surface area contributed by atoms with Crippen molar-refractivity contribution in [3.8, 4) is 23.0 Å². The number of phenols is 2. The smallest absolute Gasteiger partial charge is 0.138 e. The molecule has 0 saturated carbocycles. The van der Waals surface area contributed by atoms with E-state index >= 15 is 8.78 Å². The highest BCUT2D eigenvalue weighted by atomic mass is 35.5. The van der Waals surface area contributed by atoms with Crippen LogP contribution in [-0.4, -0.2) is 36.9 Å². The van der Waals surface area contributed by atoms with Crippen molar-refractivity contribution in [1.29, 1.82) is 0 Å². The van der Waals surface area contributed by atoms with Crippen LogP contribution in [0.25, 0.3) is 0 Å². The molecule has 0 amide bonds. The highest BCUT2D eigenvalue weighted by Gasteiger charge is 2.34. The number of hydrogen-bond acceptors (Lipinski definition) is 6. The third kappa shape index (κ3) is 6.03. The van der Waals surface area contributed by atoms with Crippen LogP contribution in [0.4, 0.5) is 8.78 Å². The maximum absolute atomic E-state index is 15.6. The number of benzene rings is 4. The van der Waals surface area contributed by atoms with E-state index in [1.54, 1.807) is 36.4 Å². The Kier molecular flexibility index (Phi) is 9.24. The van der Waals surface area contributed by atoms with Crippen molar-refractivity contribution in [3.63, 3.8) is 0 Å². The maximum atomic E-state index is 15.6. The molecule has 0 unspecified atom stereocenters. The molecule has 0 spiro atoms. The zero-order valence-electron chi connectivity index (χ0n) is 21.4. The highest BCUT2D eigenvalue weighted by Crippen LogP contribution is 2.47. The lowest BCUT2D eigenvalue weighted by molar-refractivity contribution is 0.408. The number of hydrogen-bond donors (Lipinski definition) is 2. The standard InChI is InChI=1S/C30H24Cl2F2N2O4/c1-39-23-13-11-19(33)25(27(23)31)29(35-15-17-7-3-5-9-21(17)37)30(36-16-18-8-4-6-10-22(18)38)26-20(34)12-14-24(40-2)28(26)32/h3-16,29-30,37-38H,1-2H3/t29-,30-/m0/s1. The van der Waals surface area contributed by atoms with Crippen LogP contribution in [0.5, 0.6) is 23.0 Å². The maximum Gasteiger partial charge on any atom is 0.138 e. The third-order valence-corrected chi connectivity index (χ3v) is 6.91. The first-order valence-electron chi connectivity index (χ1n) is 11.9. The van der Waals surface area contributed by atoms with Crippen molar-refractivity contribution in [2.45, 2.75) is 12.1 Å². The quantitative estimate of drug-likeness (QED) is 0.197. The Hall–Kier alpha value is -4.14. The Balaban J connectivity index is 2.03. The summed E-state index contributed by atoms with van der Waals surface area (Å²) in [5.74, 6) is -1.37. The Morgan fingerprint density at radius 3 is 1.38 bits per heavy atom. The van der Waals surface area contributed by atoms with Crippen LogP contribution in [-0.2, 0) is 0 Å². The molecule has 0 aliphatic heterocycles. The number of ether oxygens (including phenoxy) is 2. The molecular formula is C30H24Cl2F2N2O4.